The lowest BCUT2D eigenvalue weighted by atomic mass is 10.1. The molecule has 0 spiro atoms. The van der Waals surface area contributed by atoms with Gasteiger partial charge in [0, 0.05) is 24.3 Å². The van der Waals surface area contributed by atoms with E-state index in [0.29, 0.717) is 11.3 Å². The number of hydrogen-bond acceptors (Lipinski definition) is 3. The number of halogens is 1. The fourth-order valence-electron chi connectivity index (χ4n) is 2.99. The Labute approximate surface area is 162 Å². The van der Waals surface area contributed by atoms with E-state index in [-0.39, 0.29) is 16.6 Å². The van der Waals surface area contributed by atoms with Crippen molar-refractivity contribution in [1.29, 1.82) is 0 Å². The molecule has 2 amide bonds. The number of amides is 2. The van der Waals surface area contributed by atoms with Crippen LogP contribution in [0.15, 0.2) is 48.5 Å². The topological polar surface area (TPSA) is 61.4 Å². The van der Waals surface area contributed by atoms with Crippen molar-refractivity contribution >= 4 is 34.8 Å². The number of anilines is 1. The van der Waals surface area contributed by atoms with Crippen molar-refractivity contribution in [2.24, 2.45) is 0 Å². The number of nitrogens with zero attached hydrogens (tertiary/aromatic N) is 1. The number of benzene rings is 2. The van der Waals surface area contributed by atoms with Crippen molar-refractivity contribution in [3.8, 4) is 0 Å². The molecule has 1 aliphatic rings. The second-order valence-corrected chi connectivity index (χ2v) is 6.73. The van der Waals surface area contributed by atoms with Gasteiger partial charge in [-0.15, -0.1) is 0 Å². The molecule has 1 heterocycles. The summed E-state index contributed by atoms with van der Waals surface area (Å²) >= 11 is 5.13. The van der Waals surface area contributed by atoms with E-state index in [2.05, 4.69) is 10.6 Å². The number of carbonyl (C=O) groups excluding carboxylic acids is 2. The second-order valence-electron chi connectivity index (χ2n) is 6.32. The molecule has 0 radical (unpaired) electrons. The summed E-state index contributed by atoms with van der Waals surface area (Å²) in [6, 6.07) is 12.6. The predicted octanol–water partition coefficient (Wildman–Crippen LogP) is 3.58. The third-order valence-corrected chi connectivity index (χ3v) is 4.56. The summed E-state index contributed by atoms with van der Waals surface area (Å²) in [5.41, 5.74) is 1.05. The molecule has 2 N–H and O–H groups in total. The molecule has 7 heteroatoms. The molecule has 27 heavy (non-hydrogen) atoms. The first-order valence-corrected chi connectivity index (χ1v) is 9.21. The maximum Gasteiger partial charge on any atom is 0.260 e. The summed E-state index contributed by atoms with van der Waals surface area (Å²) in [5, 5.41) is 5.34. The van der Waals surface area contributed by atoms with Gasteiger partial charge in [-0.1, -0.05) is 18.2 Å². The lowest BCUT2D eigenvalue weighted by Crippen LogP contribution is -2.36. The number of hydrogen-bond donors (Lipinski definition) is 2. The molecule has 0 unspecified atom stereocenters. The molecule has 0 aliphatic carbocycles. The van der Waals surface area contributed by atoms with Crippen molar-refractivity contribution in [3.05, 3.63) is 65.5 Å². The van der Waals surface area contributed by atoms with Gasteiger partial charge in [-0.2, -0.15) is 0 Å². The maximum atomic E-state index is 13.7. The Morgan fingerprint density at radius 1 is 1.00 bits per heavy atom. The van der Waals surface area contributed by atoms with Gasteiger partial charge in [-0.05, 0) is 61.8 Å². The molecular formula is C20H20FN3O2S. The summed E-state index contributed by atoms with van der Waals surface area (Å²) in [6.07, 6.45) is 3.20. The third kappa shape index (κ3) is 4.89. The zero-order valence-electron chi connectivity index (χ0n) is 14.7. The van der Waals surface area contributed by atoms with Crippen LogP contribution in [0.4, 0.5) is 10.1 Å². The lowest BCUT2D eigenvalue weighted by Gasteiger charge is -2.26. The van der Waals surface area contributed by atoms with Crippen LogP contribution < -0.4 is 10.6 Å². The van der Waals surface area contributed by atoms with Gasteiger partial charge >= 0.3 is 0 Å². The van der Waals surface area contributed by atoms with Gasteiger partial charge in [0.15, 0.2) is 5.11 Å². The molecule has 0 saturated carbocycles. The first-order valence-electron chi connectivity index (χ1n) is 8.81. The van der Waals surface area contributed by atoms with Crippen molar-refractivity contribution in [3.63, 3.8) is 0 Å². The zero-order chi connectivity index (χ0) is 19.2. The predicted molar refractivity (Wildman–Crippen MR) is 106 cm³/mol. The fourth-order valence-corrected chi connectivity index (χ4v) is 3.20. The van der Waals surface area contributed by atoms with Crippen LogP contribution in [-0.2, 0) is 0 Å². The highest BCUT2D eigenvalue weighted by atomic mass is 32.1. The average molecular weight is 385 g/mol. The Bertz CT molecular complexity index is 866. The van der Waals surface area contributed by atoms with E-state index >= 15 is 0 Å². The third-order valence-electron chi connectivity index (χ3n) is 4.36. The van der Waals surface area contributed by atoms with Gasteiger partial charge in [-0.3, -0.25) is 14.9 Å². The van der Waals surface area contributed by atoms with Crippen LogP contribution >= 0.6 is 12.2 Å². The van der Waals surface area contributed by atoms with Crippen LogP contribution in [0.2, 0.25) is 0 Å². The molecule has 1 fully saturated rings. The van der Waals surface area contributed by atoms with Crippen LogP contribution in [-0.4, -0.2) is 34.9 Å². The van der Waals surface area contributed by atoms with E-state index in [0.717, 1.165) is 32.4 Å². The quantitative estimate of drug-likeness (QED) is 0.793. The highest BCUT2D eigenvalue weighted by molar-refractivity contribution is 7.80. The van der Waals surface area contributed by atoms with E-state index in [1.54, 1.807) is 30.3 Å². The minimum Gasteiger partial charge on any atom is -0.339 e. The van der Waals surface area contributed by atoms with Crippen molar-refractivity contribution < 1.29 is 14.0 Å². The van der Waals surface area contributed by atoms with Crippen molar-refractivity contribution in [2.75, 3.05) is 18.4 Å². The number of thiocarbonyl (C=S) groups is 1. The Hall–Kier alpha value is -2.80. The molecule has 0 bridgehead atoms. The van der Waals surface area contributed by atoms with Gasteiger partial charge in [0.2, 0.25) is 0 Å². The van der Waals surface area contributed by atoms with Crippen molar-refractivity contribution in [2.45, 2.75) is 19.3 Å². The summed E-state index contributed by atoms with van der Waals surface area (Å²) < 4.78 is 13.7. The Morgan fingerprint density at radius 2 is 1.74 bits per heavy atom. The number of piperidine rings is 1. The summed E-state index contributed by atoms with van der Waals surface area (Å²) in [7, 11) is 0. The molecule has 0 atom stereocenters. The number of rotatable bonds is 3. The maximum absolute atomic E-state index is 13.7. The van der Waals surface area contributed by atoms with Crippen LogP contribution in [0.1, 0.15) is 40.0 Å². The zero-order valence-corrected chi connectivity index (χ0v) is 15.5. The van der Waals surface area contributed by atoms with E-state index in [9.17, 15) is 14.0 Å². The second kappa shape index (κ2) is 8.73. The number of nitrogens with one attached hydrogen (secondary N) is 2. The highest BCUT2D eigenvalue weighted by Crippen LogP contribution is 2.16. The standard InChI is InChI=1S/C20H20FN3O2S/c21-17-10-3-2-9-16(17)18(25)23-20(27)22-15-8-6-7-14(13-15)19(26)24-11-4-1-5-12-24/h2-3,6-10,13H,1,4-5,11-12H2,(H2,22,23,25,27). The molecule has 5 nitrogen and oxygen atoms in total. The smallest absolute Gasteiger partial charge is 0.260 e. The Morgan fingerprint density at radius 3 is 2.48 bits per heavy atom. The van der Waals surface area contributed by atoms with Crippen LogP contribution in [0, 0.1) is 5.82 Å². The van der Waals surface area contributed by atoms with Gasteiger partial charge in [0.05, 0.1) is 5.56 Å². The molecule has 2 aromatic carbocycles. The molecule has 1 aliphatic heterocycles. The summed E-state index contributed by atoms with van der Waals surface area (Å²) in [4.78, 5) is 26.5. The molecule has 2 aromatic rings. The molecule has 3 rings (SSSR count). The largest absolute Gasteiger partial charge is 0.339 e. The van der Waals surface area contributed by atoms with E-state index < -0.39 is 11.7 Å². The summed E-state index contributed by atoms with van der Waals surface area (Å²) in [6.45, 7) is 1.54. The first-order chi connectivity index (χ1) is 13.0. The molecule has 140 valence electrons. The molecular weight excluding hydrogens is 365 g/mol. The Kier molecular flexibility index (Phi) is 6.13. The molecule has 1 saturated heterocycles. The van der Waals surface area contributed by atoms with Gasteiger partial charge in [0.1, 0.15) is 5.82 Å². The monoisotopic (exact) mass is 385 g/mol. The normalized spacial score (nSPS) is 13.7. The van der Waals surface area contributed by atoms with E-state index in [4.69, 9.17) is 12.2 Å². The van der Waals surface area contributed by atoms with Crippen LogP contribution in [0.5, 0.6) is 0 Å². The van der Waals surface area contributed by atoms with Gasteiger partial charge in [0.25, 0.3) is 11.8 Å². The molecule has 0 aromatic heterocycles. The lowest BCUT2D eigenvalue weighted by molar-refractivity contribution is 0.0724. The minimum atomic E-state index is -0.633. The average Bonchev–Trinajstić information content (AvgIpc) is 2.68. The SMILES string of the molecule is O=C(NC(=S)Nc1cccc(C(=O)N2CCCCC2)c1)c1ccccc1F. The number of likely N-dealkylation sites (tertiary alicyclic amines) is 1. The van der Waals surface area contributed by atoms with Crippen molar-refractivity contribution in [1.82, 2.24) is 10.2 Å². The first kappa shape index (κ1) is 19.0. The highest BCUT2D eigenvalue weighted by Gasteiger charge is 2.18. The number of carbonyl (C=O) groups is 2. The minimum absolute atomic E-state index is 0.0142. The summed E-state index contributed by atoms with van der Waals surface area (Å²) in [5.74, 6) is -1.27. The Balaban J connectivity index is 1.63. The van der Waals surface area contributed by atoms with Crippen LogP contribution in [0.3, 0.4) is 0 Å². The fraction of sp³-hybridized carbons (Fsp3) is 0.250. The van der Waals surface area contributed by atoms with Crippen LogP contribution in [0.25, 0.3) is 0 Å². The van der Waals surface area contributed by atoms with Gasteiger partial charge in [-0.25, -0.2) is 4.39 Å². The van der Waals surface area contributed by atoms with E-state index in [1.807, 2.05) is 4.90 Å². The van der Waals surface area contributed by atoms with E-state index in [1.165, 1.54) is 18.2 Å². The van der Waals surface area contributed by atoms with Gasteiger partial charge < -0.3 is 10.2 Å².